The lowest BCUT2D eigenvalue weighted by Crippen LogP contribution is -2.16. The number of methoxy groups -OCH3 is 2. The molecule has 3 aromatic rings. The summed E-state index contributed by atoms with van der Waals surface area (Å²) in [5.74, 6) is -0.158. The van der Waals surface area contributed by atoms with Crippen molar-refractivity contribution in [1.82, 2.24) is 14.8 Å². The van der Waals surface area contributed by atoms with Crippen LogP contribution >= 0.6 is 11.3 Å². The van der Waals surface area contributed by atoms with Gasteiger partial charge in [0, 0.05) is 17.5 Å². The van der Waals surface area contributed by atoms with Gasteiger partial charge in [-0.05, 0) is 37.3 Å². The highest BCUT2D eigenvalue weighted by atomic mass is 32.1. The maximum Gasteiger partial charge on any atom is 0.357 e. The average Bonchev–Trinajstić information content (AvgIpc) is 3.23. The topological polar surface area (TPSA) is 95.3 Å². The molecular weight excluding hydrogens is 368 g/mol. The van der Waals surface area contributed by atoms with Gasteiger partial charge in [-0.1, -0.05) is 0 Å². The van der Waals surface area contributed by atoms with Gasteiger partial charge < -0.3 is 9.47 Å². The van der Waals surface area contributed by atoms with E-state index in [0.717, 1.165) is 11.3 Å². The molecule has 0 saturated heterocycles. The molecule has 8 nitrogen and oxygen atoms in total. The molecule has 3 rings (SSSR count). The summed E-state index contributed by atoms with van der Waals surface area (Å²) in [6.45, 7) is 1.74. The molecule has 0 aliphatic carbocycles. The van der Waals surface area contributed by atoms with Crippen LogP contribution in [0.15, 0.2) is 30.3 Å². The first kappa shape index (κ1) is 18.6. The highest BCUT2D eigenvalue weighted by Gasteiger charge is 2.19. The number of ether oxygens (including phenoxy) is 2. The number of esters is 1. The molecule has 0 saturated carbocycles. The number of rotatable bonds is 5. The number of anilines is 1. The van der Waals surface area contributed by atoms with Crippen LogP contribution in [0.3, 0.4) is 0 Å². The number of hydrogen-bond acceptors (Lipinski definition) is 7. The smallest absolute Gasteiger partial charge is 0.357 e. The van der Waals surface area contributed by atoms with E-state index >= 15 is 0 Å². The third-order valence-electron chi connectivity index (χ3n) is 3.89. The van der Waals surface area contributed by atoms with Gasteiger partial charge in [-0.2, -0.15) is 5.10 Å². The third-order valence-corrected chi connectivity index (χ3v) is 4.78. The molecular formula is C18H18N4O4S. The summed E-state index contributed by atoms with van der Waals surface area (Å²) in [6, 6.07) is 9.09. The van der Waals surface area contributed by atoms with Crippen LogP contribution in [0.2, 0.25) is 0 Å². The molecule has 2 aromatic heterocycles. The van der Waals surface area contributed by atoms with Gasteiger partial charge in [-0.3, -0.25) is 14.8 Å². The van der Waals surface area contributed by atoms with E-state index in [2.05, 4.69) is 20.1 Å². The van der Waals surface area contributed by atoms with Crippen LogP contribution in [0.5, 0.6) is 5.75 Å². The van der Waals surface area contributed by atoms with E-state index in [1.807, 2.05) is 24.3 Å². The maximum atomic E-state index is 12.6. The SMILES string of the molecule is COC(=O)c1nc(NC(=O)c2cc(-c3ccc(OC)cc3)nn2C)sc1C. The van der Waals surface area contributed by atoms with Crippen molar-refractivity contribution < 1.29 is 19.1 Å². The molecule has 0 radical (unpaired) electrons. The van der Waals surface area contributed by atoms with Crippen molar-refractivity contribution in [3.63, 3.8) is 0 Å². The third kappa shape index (κ3) is 3.82. The van der Waals surface area contributed by atoms with Crippen molar-refractivity contribution in [3.05, 3.63) is 46.6 Å². The van der Waals surface area contributed by atoms with Gasteiger partial charge in [-0.25, -0.2) is 9.78 Å². The zero-order chi connectivity index (χ0) is 19.6. The summed E-state index contributed by atoms with van der Waals surface area (Å²) >= 11 is 1.21. The molecule has 0 spiro atoms. The number of carbonyl (C=O) groups is 2. The molecule has 1 N–H and O–H groups in total. The first-order chi connectivity index (χ1) is 12.9. The van der Waals surface area contributed by atoms with Crippen LogP contribution in [-0.4, -0.2) is 40.9 Å². The monoisotopic (exact) mass is 386 g/mol. The van der Waals surface area contributed by atoms with Crippen LogP contribution in [0.25, 0.3) is 11.3 Å². The Labute approximate surface area is 159 Å². The highest BCUT2D eigenvalue weighted by Crippen LogP contribution is 2.25. The van der Waals surface area contributed by atoms with Crippen LogP contribution < -0.4 is 10.1 Å². The van der Waals surface area contributed by atoms with Crippen LogP contribution in [0.4, 0.5) is 5.13 Å². The predicted molar refractivity (Wildman–Crippen MR) is 101 cm³/mol. The Kier molecular flexibility index (Phi) is 5.22. The van der Waals surface area contributed by atoms with Crippen molar-refractivity contribution in [2.45, 2.75) is 6.92 Å². The van der Waals surface area contributed by atoms with E-state index in [1.165, 1.54) is 23.1 Å². The van der Waals surface area contributed by atoms with Crippen molar-refractivity contribution in [2.24, 2.45) is 7.05 Å². The number of nitrogens with one attached hydrogen (secondary N) is 1. The maximum absolute atomic E-state index is 12.6. The lowest BCUT2D eigenvalue weighted by molar-refractivity contribution is 0.0594. The molecule has 0 aliphatic heterocycles. The molecule has 1 aromatic carbocycles. The fraction of sp³-hybridized carbons (Fsp3) is 0.222. The Balaban J connectivity index is 1.81. The van der Waals surface area contributed by atoms with E-state index in [0.29, 0.717) is 21.4 Å². The van der Waals surface area contributed by atoms with Gasteiger partial charge in [0.1, 0.15) is 11.4 Å². The van der Waals surface area contributed by atoms with Gasteiger partial charge in [-0.15, -0.1) is 11.3 Å². The Morgan fingerprint density at radius 2 is 1.89 bits per heavy atom. The number of benzene rings is 1. The molecule has 2 heterocycles. The normalized spacial score (nSPS) is 10.5. The van der Waals surface area contributed by atoms with Gasteiger partial charge >= 0.3 is 5.97 Å². The van der Waals surface area contributed by atoms with Gasteiger partial charge in [0.2, 0.25) is 0 Å². The van der Waals surface area contributed by atoms with Crippen LogP contribution in [0.1, 0.15) is 25.9 Å². The first-order valence-corrected chi connectivity index (χ1v) is 8.80. The zero-order valence-electron chi connectivity index (χ0n) is 15.3. The molecule has 1 amide bonds. The first-order valence-electron chi connectivity index (χ1n) is 7.98. The molecule has 0 unspecified atom stereocenters. The second kappa shape index (κ2) is 7.58. The minimum absolute atomic E-state index is 0.196. The Morgan fingerprint density at radius 3 is 2.52 bits per heavy atom. The van der Waals surface area contributed by atoms with Crippen molar-refractivity contribution >= 4 is 28.3 Å². The van der Waals surface area contributed by atoms with Crippen molar-refractivity contribution in [1.29, 1.82) is 0 Å². The molecule has 27 heavy (non-hydrogen) atoms. The molecule has 9 heteroatoms. The Morgan fingerprint density at radius 1 is 1.19 bits per heavy atom. The zero-order valence-corrected chi connectivity index (χ0v) is 16.1. The lowest BCUT2D eigenvalue weighted by atomic mass is 10.1. The molecule has 140 valence electrons. The minimum atomic E-state index is -0.536. The summed E-state index contributed by atoms with van der Waals surface area (Å²) in [5, 5.41) is 7.41. The number of aryl methyl sites for hydroxylation is 2. The van der Waals surface area contributed by atoms with E-state index in [1.54, 1.807) is 27.1 Å². The highest BCUT2D eigenvalue weighted by molar-refractivity contribution is 7.16. The van der Waals surface area contributed by atoms with Gasteiger partial charge in [0.05, 0.1) is 19.9 Å². The van der Waals surface area contributed by atoms with Crippen molar-refractivity contribution in [3.8, 4) is 17.0 Å². The van der Waals surface area contributed by atoms with Crippen LogP contribution in [-0.2, 0) is 11.8 Å². The van der Waals surface area contributed by atoms with E-state index in [9.17, 15) is 9.59 Å². The number of aromatic nitrogens is 3. The molecule has 0 atom stereocenters. The number of hydrogen-bond donors (Lipinski definition) is 1. The Bertz CT molecular complexity index is 991. The van der Waals surface area contributed by atoms with E-state index < -0.39 is 5.97 Å². The summed E-state index contributed by atoms with van der Waals surface area (Å²) in [6.07, 6.45) is 0. The van der Waals surface area contributed by atoms with E-state index in [-0.39, 0.29) is 11.6 Å². The summed E-state index contributed by atoms with van der Waals surface area (Å²) < 4.78 is 11.3. The number of carbonyl (C=O) groups excluding carboxylic acids is 2. The number of amides is 1. The minimum Gasteiger partial charge on any atom is -0.497 e. The average molecular weight is 386 g/mol. The summed E-state index contributed by atoms with van der Waals surface area (Å²) in [4.78, 5) is 29.0. The second-order valence-corrected chi connectivity index (χ2v) is 6.84. The number of nitrogens with zero attached hydrogens (tertiary/aromatic N) is 3. The molecule has 0 aliphatic rings. The van der Waals surface area contributed by atoms with Gasteiger partial charge in [0.15, 0.2) is 10.8 Å². The largest absolute Gasteiger partial charge is 0.497 e. The summed E-state index contributed by atoms with van der Waals surface area (Å²) in [7, 11) is 4.58. The molecule has 0 bridgehead atoms. The van der Waals surface area contributed by atoms with Crippen LogP contribution in [0, 0.1) is 6.92 Å². The lowest BCUT2D eigenvalue weighted by Gasteiger charge is -2.01. The quantitative estimate of drug-likeness (QED) is 0.678. The van der Waals surface area contributed by atoms with Gasteiger partial charge in [0.25, 0.3) is 5.91 Å². The predicted octanol–water partition coefficient (Wildman–Crippen LogP) is 2.90. The van der Waals surface area contributed by atoms with Crippen molar-refractivity contribution in [2.75, 3.05) is 19.5 Å². The number of thiazole rings is 1. The van der Waals surface area contributed by atoms with E-state index in [4.69, 9.17) is 4.74 Å². The Hall–Kier alpha value is -3.20. The fourth-order valence-corrected chi connectivity index (χ4v) is 3.28. The summed E-state index contributed by atoms with van der Waals surface area (Å²) in [5.41, 5.74) is 2.09. The second-order valence-electron chi connectivity index (χ2n) is 5.64. The molecule has 0 fully saturated rings. The fourth-order valence-electron chi connectivity index (χ4n) is 2.48. The standard InChI is InChI=1S/C18H18N4O4S/c1-10-15(17(24)26-4)19-18(27-10)20-16(23)14-9-13(21-22(14)2)11-5-7-12(25-3)8-6-11/h5-9H,1-4H3,(H,19,20,23).